The molecule has 1 aromatic rings. The van der Waals surface area contributed by atoms with Gasteiger partial charge in [0, 0.05) is 18.3 Å². The molecule has 2 heterocycles. The van der Waals surface area contributed by atoms with Gasteiger partial charge >= 0.3 is 0 Å². The minimum absolute atomic E-state index is 0.0331. The number of H-pyrrole nitrogens is 1. The number of nitrogens with one attached hydrogen (secondary N) is 2. The molecule has 1 aromatic heterocycles. The summed E-state index contributed by atoms with van der Waals surface area (Å²) in [5.41, 5.74) is 1.09. The average molecular weight is 317 g/mol. The molecule has 1 aliphatic heterocycles. The monoisotopic (exact) mass is 317 g/mol. The van der Waals surface area contributed by atoms with E-state index in [1.165, 1.54) is 12.8 Å². The number of nitrogens with zero attached hydrogens (tertiary/aromatic N) is 1. The van der Waals surface area contributed by atoms with Crippen molar-refractivity contribution in [3.05, 3.63) is 34.2 Å². The van der Waals surface area contributed by atoms with Crippen molar-refractivity contribution in [2.75, 3.05) is 13.1 Å². The van der Waals surface area contributed by atoms with Crippen LogP contribution < -0.4 is 10.9 Å². The van der Waals surface area contributed by atoms with E-state index >= 15 is 0 Å². The second-order valence-corrected chi connectivity index (χ2v) is 6.96. The largest absolute Gasteiger partial charge is 0.352 e. The van der Waals surface area contributed by atoms with E-state index in [2.05, 4.69) is 15.2 Å². The first-order valence-electron chi connectivity index (χ1n) is 8.86. The molecule has 1 atom stereocenters. The molecule has 2 fully saturated rings. The lowest BCUT2D eigenvalue weighted by atomic mass is 9.89. The Morgan fingerprint density at radius 3 is 2.61 bits per heavy atom. The maximum atomic E-state index is 12.4. The fraction of sp³-hybridized carbons (Fsp3) is 0.667. The molecule has 3 rings (SSSR count). The smallest absolute Gasteiger partial charge is 0.248 e. The molecule has 0 bridgehead atoms. The molecule has 23 heavy (non-hydrogen) atoms. The van der Waals surface area contributed by atoms with E-state index in [-0.39, 0.29) is 17.5 Å². The summed E-state index contributed by atoms with van der Waals surface area (Å²) in [4.78, 5) is 28.8. The number of carbonyl (C=O) groups is 1. The Kier molecular flexibility index (Phi) is 5.16. The van der Waals surface area contributed by atoms with Gasteiger partial charge in [-0.3, -0.25) is 14.5 Å². The number of pyridine rings is 1. The number of piperidine rings is 1. The van der Waals surface area contributed by atoms with Crippen LogP contribution in [-0.4, -0.2) is 41.0 Å². The van der Waals surface area contributed by atoms with Crippen molar-refractivity contribution in [3.63, 3.8) is 0 Å². The highest BCUT2D eigenvalue weighted by atomic mass is 16.2. The van der Waals surface area contributed by atoms with Gasteiger partial charge in [-0.15, -0.1) is 0 Å². The lowest BCUT2D eigenvalue weighted by molar-refractivity contribution is -0.127. The number of amides is 1. The highest BCUT2D eigenvalue weighted by molar-refractivity contribution is 5.81. The van der Waals surface area contributed by atoms with E-state index < -0.39 is 0 Å². The molecular weight excluding hydrogens is 290 g/mol. The first-order valence-corrected chi connectivity index (χ1v) is 8.86. The number of rotatable bonds is 4. The normalized spacial score (nSPS) is 22.1. The molecule has 0 spiro atoms. The Morgan fingerprint density at radius 2 is 1.96 bits per heavy atom. The minimum Gasteiger partial charge on any atom is -0.352 e. The standard InChI is InChI=1S/C18H27N3O2/c1-13(18(23)20-16-4-2-3-5-16)21-10-7-14(8-11-21)15-6-9-19-17(22)12-15/h6,9,12-14,16H,2-5,7-8,10-11H2,1H3,(H,19,22)(H,20,23). The van der Waals surface area contributed by atoms with Crippen LogP contribution >= 0.6 is 0 Å². The summed E-state index contributed by atoms with van der Waals surface area (Å²) in [5, 5.41) is 3.20. The van der Waals surface area contributed by atoms with Gasteiger partial charge in [0.25, 0.3) is 0 Å². The van der Waals surface area contributed by atoms with Gasteiger partial charge in [0.1, 0.15) is 0 Å². The first-order chi connectivity index (χ1) is 11.1. The summed E-state index contributed by atoms with van der Waals surface area (Å²) < 4.78 is 0. The lowest BCUT2D eigenvalue weighted by Crippen LogP contribution is -2.50. The highest BCUT2D eigenvalue weighted by Gasteiger charge is 2.28. The molecule has 0 aromatic carbocycles. The Hall–Kier alpha value is -1.62. The number of aromatic amines is 1. The summed E-state index contributed by atoms with van der Waals surface area (Å²) in [6.07, 6.45) is 8.46. The van der Waals surface area contributed by atoms with Crippen LogP contribution in [0.2, 0.25) is 0 Å². The lowest BCUT2D eigenvalue weighted by Gasteiger charge is -2.35. The predicted octanol–water partition coefficient (Wildman–Crippen LogP) is 2.00. The maximum absolute atomic E-state index is 12.4. The average Bonchev–Trinajstić information content (AvgIpc) is 3.07. The Morgan fingerprint density at radius 1 is 1.26 bits per heavy atom. The predicted molar refractivity (Wildman–Crippen MR) is 90.5 cm³/mol. The number of carbonyl (C=O) groups excluding carboxylic acids is 1. The van der Waals surface area contributed by atoms with Gasteiger partial charge in [0.15, 0.2) is 0 Å². The van der Waals surface area contributed by atoms with E-state index in [1.54, 1.807) is 12.3 Å². The van der Waals surface area contributed by atoms with Gasteiger partial charge in [-0.25, -0.2) is 0 Å². The topological polar surface area (TPSA) is 65.2 Å². The van der Waals surface area contributed by atoms with E-state index in [0.29, 0.717) is 12.0 Å². The van der Waals surface area contributed by atoms with Crippen LogP contribution in [-0.2, 0) is 4.79 Å². The zero-order valence-electron chi connectivity index (χ0n) is 13.9. The van der Waals surface area contributed by atoms with Crippen molar-refractivity contribution in [1.29, 1.82) is 0 Å². The molecule has 1 amide bonds. The zero-order valence-corrected chi connectivity index (χ0v) is 13.9. The molecule has 5 nitrogen and oxygen atoms in total. The zero-order chi connectivity index (χ0) is 16.2. The van der Waals surface area contributed by atoms with Crippen molar-refractivity contribution in [3.8, 4) is 0 Å². The van der Waals surface area contributed by atoms with Crippen LogP contribution in [0, 0.1) is 0 Å². The van der Waals surface area contributed by atoms with Crippen molar-refractivity contribution >= 4 is 5.91 Å². The van der Waals surface area contributed by atoms with Crippen LogP contribution in [0.25, 0.3) is 0 Å². The van der Waals surface area contributed by atoms with Crippen LogP contribution in [0.5, 0.6) is 0 Å². The molecule has 1 aliphatic carbocycles. The molecule has 0 radical (unpaired) electrons. The molecule has 5 heteroatoms. The Balaban J connectivity index is 1.51. The van der Waals surface area contributed by atoms with Crippen LogP contribution in [0.15, 0.2) is 23.1 Å². The fourth-order valence-corrected chi connectivity index (χ4v) is 3.89. The Labute approximate surface area is 137 Å². The van der Waals surface area contributed by atoms with Crippen LogP contribution in [0.4, 0.5) is 0 Å². The van der Waals surface area contributed by atoms with Gasteiger partial charge in [-0.1, -0.05) is 12.8 Å². The fourth-order valence-electron chi connectivity index (χ4n) is 3.89. The van der Waals surface area contributed by atoms with Gasteiger partial charge in [-0.05, 0) is 63.2 Å². The van der Waals surface area contributed by atoms with Crippen molar-refractivity contribution in [1.82, 2.24) is 15.2 Å². The van der Waals surface area contributed by atoms with Crippen molar-refractivity contribution in [2.24, 2.45) is 0 Å². The molecule has 1 unspecified atom stereocenters. The number of hydrogen-bond donors (Lipinski definition) is 2. The van der Waals surface area contributed by atoms with Gasteiger partial charge < -0.3 is 10.3 Å². The summed E-state index contributed by atoms with van der Waals surface area (Å²) in [6.45, 7) is 3.84. The summed E-state index contributed by atoms with van der Waals surface area (Å²) in [5.74, 6) is 0.602. The molecule has 1 saturated carbocycles. The van der Waals surface area contributed by atoms with E-state index in [4.69, 9.17) is 0 Å². The van der Waals surface area contributed by atoms with Crippen molar-refractivity contribution in [2.45, 2.75) is 63.5 Å². The van der Waals surface area contributed by atoms with Crippen molar-refractivity contribution < 1.29 is 4.79 Å². The number of aromatic nitrogens is 1. The third-order valence-corrected chi connectivity index (χ3v) is 5.43. The third kappa shape index (κ3) is 4.02. The summed E-state index contributed by atoms with van der Waals surface area (Å²) in [6, 6.07) is 4.03. The molecule has 1 saturated heterocycles. The van der Waals surface area contributed by atoms with Gasteiger partial charge in [0.05, 0.1) is 6.04 Å². The molecule has 126 valence electrons. The molecule has 2 N–H and O–H groups in total. The quantitative estimate of drug-likeness (QED) is 0.893. The number of hydrogen-bond acceptors (Lipinski definition) is 3. The third-order valence-electron chi connectivity index (χ3n) is 5.43. The van der Waals surface area contributed by atoms with E-state index in [1.807, 2.05) is 13.0 Å². The van der Waals surface area contributed by atoms with Gasteiger partial charge in [-0.2, -0.15) is 0 Å². The Bertz CT molecular complexity index is 584. The minimum atomic E-state index is -0.0595. The van der Waals surface area contributed by atoms with E-state index in [0.717, 1.165) is 44.3 Å². The second-order valence-electron chi connectivity index (χ2n) is 6.96. The SMILES string of the molecule is CC(C(=O)NC1CCCC1)N1CCC(c2cc[nH]c(=O)c2)CC1. The van der Waals surface area contributed by atoms with Crippen LogP contribution in [0.3, 0.4) is 0 Å². The summed E-state index contributed by atoms with van der Waals surface area (Å²) >= 11 is 0. The first kappa shape index (κ1) is 16.2. The van der Waals surface area contributed by atoms with Crippen LogP contribution in [0.1, 0.15) is 56.9 Å². The summed E-state index contributed by atoms with van der Waals surface area (Å²) in [7, 11) is 0. The maximum Gasteiger partial charge on any atom is 0.248 e. The van der Waals surface area contributed by atoms with E-state index in [9.17, 15) is 9.59 Å². The van der Waals surface area contributed by atoms with Gasteiger partial charge in [0.2, 0.25) is 11.5 Å². The molecule has 2 aliphatic rings. The highest BCUT2D eigenvalue weighted by Crippen LogP contribution is 2.28. The second kappa shape index (κ2) is 7.30. The molecular formula is C18H27N3O2. The number of likely N-dealkylation sites (tertiary alicyclic amines) is 1.